The zero-order valence-corrected chi connectivity index (χ0v) is 12.3. The van der Waals surface area contributed by atoms with Crippen molar-refractivity contribution in [1.82, 2.24) is 10.3 Å². The summed E-state index contributed by atoms with van der Waals surface area (Å²) in [6, 6.07) is 10.7. The number of benzene rings is 1. The van der Waals surface area contributed by atoms with Crippen LogP contribution in [0.4, 0.5) is 5.69 Å². The van der Waals surface area contributed by atoms with Crippen LogP contribution in [-0.2, 0) is 16.1 Å². The highest BCUT2D eigenvalue weighted by molar-refractivity contribution is 6.22. The fourth-order valence-electron chi connectivity index (χ4n) is 2.50. The molecule has 0 unspecified atom stereocenters. The van der Waals surface area contributed by atoms with E-state index in [1.807, 2.05) is 31.2 Å². The number of amides is 2. The molecular formula is C17H17N3O2. The number of aromatic nitrogens is 1. The standard InChI is InChI=1S/C17H17N3O2/c1-12-4-6-14(7-5-12)20-16(21)9-15(17(20)22)19-11-13-3-2-8-18-10-13/h2-8,10,15,19H,9,11H2,1H3/t15-/m1/s1. The molecule has 0 radical (unpaired) electrons. The van der Waals surface area contributed by atoms with Crippen LogP contribution in [0.3, 0.4) is 0 Å². The lowest BCUT2D eigenvalue weighted by atomic mass is 10.2. The predicted molar refractivity (Wildman–Crippen MR) is 83.2 cm³/mol. The summed E-state index contributed by atoms with van der Waals surface area (Å²) in [6.07, 6.45) is 3.63. The Hall–Kier alpha value is -2.53. The third-order valence-corrected chi connectivity index (χ3v) is 3.71. The molecule has 1 aromatic heterocycles. The molecule has 112 valence electrons. The SMILES string of the molecule is Cc1ccc(N2C(=O)C[C@@H](NCc3cccnc3)C2=O)cc1. The molecule has 0 saturated carbocycles. The monoisotopic (exact) mass is 295 g/mol. The Bertz CT molecular complexity index is 683. The molecule has 2 heterocycles. The molecule has 1 aliphatic heterocycles. The van der Waals surface area contributed by atoms with Crippen LogP contribution in [-0.4, -0.2) is 22.8 Å². The number of carbonyl (C=O) groups excluding carboxylic acids is 2. The average molecular weight is 295 g/mol. The van der Waals surface area contributed by atoms with Gasteiger partial charge in [-0.15, -0.1) is 0 Å². The maximum atomic E-state index is 12.4. The average Bonchev–Trinajstić information content (AvgIpc) is 2.82. The molecule has 1 aromatic carbocycles. The number of imide groups is 1. The Balaban J connectivity index is 1.70. The summed E-state index contributed by atoms with van der Waals surface area (Å²) >= 11 is 0. The number of nitrogens with zero attached hydrogens (tertiary/aromatic N) is 2. The molecule has 0 bridgehead atoms. The molecule has 5 heteroatoms. The first kappa shape index (κ1) is 14.4. The maximum absolute atomic E-state index is 12.4. The van der Waals surface area contributed by atoms with Crippen molar-refractivity contribution in [1.29, 1.82) is 0 Å². The van der Waals surface area contributed by atoms with Crippen LogP contribution in [0.1, 0.15) is 17.5 Å². The molecule has 22 heavy (non-hydrogen) atoms. The van der Waals surface area contributed by atoms with Crippen LogP contribution in [0.5, 0.6) is 0 Å². The van der Waals surface area contributed by atoms with Crippen LogP contribution in [0.2, 0.25) is 0 Å². The molecule has 1 fully saturated rings. The van der Waals surface area contributed by atoms with Gasteiger partial charge in [-0.1, -0.05) is 23.8 Å². The molecule has 5 nitrogen and oxygen atoms in total. The summed E-state index contributed by atoms with van der Waals surface area (Å²) in [5, 5.41) is 3.14. The van der Waals surface area contributed by atoms with E-state index in [-0.39, 0.29) is 18.2 Å². The summed E-state index contributed by atoms with van der Waals surface area (Å²) in [5.74, 6) is -0.365. The first-order valence-corrected chi connectivity index (χ1v) is 7.21. The van der Waals surface area contributed by atoms with E-state index in [2.05, 4.69) is 10.3 Å². The number of anilines is 1. The smallest absolute Gasteiger partial charge is 0.251 e. The van der Waals surface area contributed by atoms with E-state index in [1.165, 1.54) is 4.90 Å². The fraction of sp³-hybridized carbons (Fsp3) is 0.235. The molecule has 2 aromatic rings. The predicted octanol–water partition coefficient (Wildman–Crippen LogP) is 1.81. The normalized spacial score (nSPS) is 18.0. The summed E-state index contributed by atoms with van der Waals surface area (Å²) in [7, 11) is 0. The van der Waals surface area contributed by atoms with Gasteiger partial charge in [-0.05, 0) is 30.7 Å². The van der Waals surface area contributed by atoms with Crippen molar-refractivity contribution in [3.8, 4) is 0 Å². The number of hydrogen-bond acceptors (Lipinski definition) is 4. The highest BCUT2D eigenvalue weighted by Crippen LogP contribution is 2.23. The van der Waals surface area contributed by atoms with Crippen molar-refractivity contribution in [3.05, 3.63) is 59.9 Å². The van der Waals surface area contributed by atoms with Crippen LogP contribution in [0.25, 0.3) is 0 Å². The van der Waals surface area contributed by atoms with Crippen molar-refractivity contribution in [2.45, 2.75) is 25.9 Å². The van der Waals surface area contributed by atoms with Crippen LogP contribution < -0.4 is 10.2 Å². The number of hydrogen-bond donors (Lipinski definition) is 1. The van der Waals surface area contributed by atoms with Gasteiger partial charge in [0.15, 0.2) is 0 Å². The maximum Gasteiger partial charge on any atom is 0.251 e. The molecule has 1 atom stereocenters. The van der Waals surface area contributed by atoms with Crippen LogP contribution in [0.15, 0.2) is 48.8 Å². The summed E-state index contributed by atoms with van der Waals surface area (Å²) in [6.45, 7) is 2.48. The number of pyridine rings is 1. The number of aryl methyl sites for hydroxylation is 1. The van der Waals surface area contributed by atoms with Gasteiger partial charge in [0.1, 0.15) is 0 Å². The zero-order valence-electron chi connectivity index (χ0n) is 12.3. The third kappa shape index (κ3) is 2.89. The summed E-state index contributed by atoms with van der Waals surface area (Å²) in [5.41, 5.74) is 2.71. The van der Waals surface area contributed by atoms with E-state index < -0.39 is 6.04 Å². The number of rotatable bonds is 4. The summed E-state index contributed by atoms with van der Waals surface area (Å²) < 4.78 is 0. The van der Waals surface area contributed by atoms with E-state index in [1.54, 1.807) is 24.5 Å². The van der Waals surface area contributed by atoms with E-state index in [0.717, 1.165) is 11.1 Å². The molecule has 3 rings (SSSR count). The van der Waals surface area contributed by atoms with Crippen molar-refractivity contribution < 1.29 is 9.59 Å². The lowest BCUT2D eigenvalue weighted by molar-refractivity contribution is -0.121. The van der Waals surface area contributed by atoms with Crippen molar-refractivity contribution >= 4 is 17.5 Å². The number of carbonyl (C=O) groups is 2. The minimum Gasteiger partial charge on any atom is -0.301 e. The Morgan fingerprint density at radius 1 is 1.23 bits per heavy atom. The lowest BCUT2D eigenvalue weighted by Crippen LogP contribution is -2.38. The highest BCUT2D eigenvalue weighted by Gasteiger charge is 2.39. The van der Waals surface area contributed by atoms with Gasteiger partial charge in [-0.25, -0.2) is 4.90 Å². The minimum atomic E-state index is -0.478. The Morgan fingerprint density at radius 3 is 2.68 bits per heavy atom. The van der Waals surface area contributed by atoms with Gasteiger partial charge in [0.05, 0.1) is 18.2 Å². The largest absolute Gasteiger partial charge is 0.301 e. The van der Waals surface area contributed by atoms with E-state index in [0.29, 0.717) is 12.2 Å². The first-order chi connectivity index (χ1) is 10.6. The second kappa shape index (κ2) is 6.07. The quantitative estimate of drug-likeness (QED) is 0.874. The van der Waals surface area contributed by atoms with Gasteiger partial charge in [-0.3, -0.25) is 14.6 Å². The van der Waals surface area contributed by atoms with Crippen molar-refractivity contribution in [2.24, 2.45) is 0 Å². The molecule has 0 spiro atoms. The Kier molecular flexibility index (Phi) is 3.98. The van der Waals surface area contributed by atoms with Gasteiger partial charge < -0.3 is 5.32 Å². The van der Waals surface area contributed by atoms with Crippen molar-refractivity contribution in [3.63, 3.8) is 0 Å². The molecular weight excluding hydrogens is 278 g/mol. The second-order valence-corrected chi connectivity index (χ2v) is 5.40. The lowest BCUT2D eigenvalue weighted by Gasteiger charge is -2.15. The van der Waals surface area contributed by atoms with Crippen LogP contribution >= 0.6 is 0 Å². The van der Waals surface area contributed by atoms with Gasteiger partial charge in [0, 0.05) is 18.9 Å². The van der Waals surface area contributed by atoms with E-state index >= 15 is 0 Å². The third-order valence-electron chi connectivity index (χ3n) is 3.71. The number of nitrogens with one attached hydrogen (secondary N) is 1. The fourth-order valence-corrected chi connectivity index (χ4v) is 2.50. The summed E-state index contributed by atoms with van der Waals surface area (Å²) in [4.78, 5) is 29.9. The van der Waals surface area contributed by atoms with Gasteiger partial charge >= 0.3 is 0 Å². The molecule has 1 aliphatic rings. The van der Waals surface area contributed by atoms with Gasteiger partial charge in [0.2, 0.25) is 5.91 Å². The Labute approximate surface area is 129 Å². The Morgan fingerprint density at radius 2 is 2.00 bits per heavy atom. The highest BCUT2D eigenvalue weighted by atomic mass is 16.2. The van der Waals surface area contributed by atoms with Crippen LogP contribution in [0, 0.1) is 6.92 Å². The van der Waals surface area contributed by atoms with Crippen molar-refractivity contribution in [2.75, 3.05) is 4.90 Å². The minimum absolute atomic E-state index is 0.169. The molecule has 0 aliphatic carbocycles. The topological polar surface area (TPSA) is 62.3 Å². The first-order valence-electron chi connectivity index (χ1n) is 7.21. The van der Waals surface area contributed by atoms with E-state index in [4.69, 9.17) is 0 Å². The van der Waals surface area contributed by atoms with E-state index in [9.17, 15) is 9.59 Å². The van der Waals surface area contributed by atoms with Gasteiger partial charge in [0.25, 0.3) is 5.91 Å². The van der Waals surface area contributed by atoms with Gasteiger partial charge in [-0.2, -0.15) is 0 Å². The molecule has 2 amide bonds. The zero-order chi connectivity index (χ0) is 15.5. The second-order valence-electron chi connectivity index (χ2n) is 5.40. The molecule has 1 saturated heterocycles. The molecule has 1 N–H and O–H groups in total.